The summed E-state index contributed by atoms with van der Waals surface area (Å²) in [4.78, 5) is 13.7. The van der Waals surface area contributed by atoms with Gasteiger partial charge in [0, 0.05) is 24.3 Å². The van der Waals surface area contributed by atoms with Gasteiger partial charge in [0.25, 0.3) is 0 Å². The lowest BCUT2D eigenvalue weighted by Crippen LogP contribution is -2.34. The van der Waals surface area contributed by atoms with Gasteiger partial charge in [-0.2, -0.15) is 9.78 Å². The van der Waals surface area contributed by atoms with Crippen molar-refractivity contribution >= 4 is 27.5 Å². The third-order valence-electron chi connectivity index (χ3n) is 3.38. The van der Waals surface area contributed by atoms with Gasteiger partial charge in [-0.1, -0.05) is 23.7 Å². The van der Waals surface area contributed by atoms with Crippen LogP contribution < -0.4 is 0 Å². The number of amides is 1. The molecule has 0 N–H and O–H groups in total. The fraction of sp³-hybridized carbons (Fsp3) is 0.333. The van der Waals surface area contributed by atoms with Gasteiger partial charge in [0.05, 0.1) is 5.75 Å². The molecule has 23 heavy (non-hydrogen) atoms. The minimum atomic E-state index is -3.62. The van der Waals surface area contributed by atoms with Crippen molar-refractivity contribution in [2.45, 2.75) is 24.6 Å². The van der Waals surface area contributed by atoms with E-state index in [0.717, 1.165) is 4.68 Å². The molecule has 0 radical (unpaired) electrons. The summed E-state index contributed by atoms with van der Waals surface area (Å²) in [5.74, 6) is -0.194. The molecule has 0 saturated heterocycles. The molecule has 2 rings (SSSR count). The summed E-state index contributed by atoms with van der Waals surface area (Å²) in [6.45, 7) is 4.76. The van der Waals surface area contributed by atoms with Crippen molar-refractivity contribution in [1.82, 2.24) is 14.7 Å². The van der Waals surface area contributed by atoms with Crippen LogP contribution in [0.25, 0.3) is 0 Å². The lowest BCUT2D eigenvalue weighted by atomic mass is 10.2. The fourth-order valence-electron chi connectivity index (χ4n) is 2.09. The highest BCUT2D eigenvalue weighted by molar-refractivity contribution is 7.90. The van der Waals surface area contributed by atoms with Crippen LogP contribution in [0.3, 0.4) is 0 Å². The summed E-state index contributed by atoms with van der Waals surface area (Å²) >= 11 is 5.79. The molecule has 0 saturated carbocycles. The number of benzene rings is 1. The number of nitrogens with zero attached hydrogens (tertiary/aromatic N) is 3. The number of hydrogen-bond donors (Lipinski definition) is 0. The Morgan fingerprint density at radius 3 is 2.35 bits per heavy atom. The van der Waals surface area contributed by atoms with Crippen molar-refractivity contribution in [2.24, 2.45) is 0 Å². The normalized spacial score (nSPS) is 11.4. The minimum absolute atomic E-state index is 0.118. The number of carbonyl (C=O) groups is 1. The molecule has 1 amide bonds. The van der Waals surface area contributed by atoms with Crippen LogP contribution >= 0.6 is 11.6 Å². The number of sulfone groups is 1. The van der Waals surface area contributed by atoms with E-state index < -0.39 is 9.84 Å². The maximum Gasteiger partial charge on any atom is 0.344 e. The zero-order valence-electron chi connectivity index (χ0n) is 12.9. The Morgan fingerprint density at radius 2 is 1.78 bits per heavy atom. The predicted molar refractivity (Wildman–Crippen MR) is 88.3 cm³/mol. The molecule has 0 aliphatic rings. The van der Waals surface area contributed by atoms with Gasteiger partial charge in [-0.3, -0.25) is 0 Å². The average molecular weight is 356 g/mol. The number of hydrogen-bond acceptors (Lipinski definition) is 4. The van der Waals surface area contributed by atoms with Gasteiger partial charge in [-0.25, -0.2) is 13.2 Å². The Kier molecular flexibility index (Phi) is 5.43. The Bertz CT molecular complexity index is 781. The molecule has 6 nitrogen and oxygen atoms in total. The van der Waals surface area contributed by atoms with Gasteiger partial charge < -0.3 is 4.90 Å². The van der Waals surface area contributed by atoms with Crippen molar-refractivity contribution in [3.8, 4) is 0 Å². The Hall–Kier alpha value is -1.86. The summed E-state index contributed by atoms with van der Waals surface area (Å²) in [6.07, 6.45) is 1.37. The van der Waals surface area contributed by atoms with Crippen LogP contribution in [-0.4, -0.2) is 42.2 Å². The summed E-state index contributed by atoms with van der Waals surface area (Å²) in [5, 5.41) is 4.35. The maximum atomic E-state index is 12.4. The number of halogens is 1. The first-order valence-electron chi connectivity index (χ1n) is 7.19. The number of rotatable bonds is 5. The molecule has 1 aromatic heterocycles. The van der Waals surface area contributed by atoms with Crippen LogP contribution in [-0.2, 0) is 15.6 Å². The lowest BCUT2D eigenvalue weighted by molar-refractivity contribution is 0.201. The molecule has 0 atom stereocenters. The van der Waals surface area contributed by atoms with E-state index in [1.54, 1.807) is 29.2 Å². The monoisotopic (exact) mass is 355 g/mol. The first-order chi connectivity index (χ1) is 10.9. The average Bonchev–Trinajstić information content (AvgIpc) is 3.01. The van der Waals surface area contributed by atoms with E-state index in [9.17, 15) is 13.2 Å². The summed E-state index contributed by atoms with van der Waals surface area (Å²) in [5.41, 5.74) is 0.610. The number of carbonyl (C=O) groups excluding carboxylic acids is 1. The third-order valence-corrected chi connectivity index (χ3v) is 5.20. The molecule has 124 valence electrons. The highest BCUT2D eigenvalue weighted by atomic mass is 35.5. The van der Waals surface area contributed by atoms with Gasteiger partial charge in [-0.15, -0.1) is 0 Å². The van der Waals surface area contributed by atoms with E-state index in [0.29, 0.717) is 23.7 Å². The van der Waals surface area contributed by atoms with Crippen LogP contribution in [0.5, 0.6) is 0 Å². The van der Waals surface area contributed by atoms with Gasteiger partial charge in [0.15, 0.2) is 5.03 Å². The molecule has 0 fully saturated rings. The van der Waals surface area contributed by atoms with Crippen LogP contribution in [0.15, 0.2) is 41.6 Å². The summed E-state index contributed by atoms with van der Waals surface area (Å²) in [6, 6.07) is 7.56. The fourth-order valence-corrected chi connectivity index (χ4v) is 3.48. The van der Waals surface area contributed by atoms with Gasteiger partial charge >= 0.3 is 6.03 Å². The van der Waals surface area contributed by atoms with Crippen molar-refractivity contribution in [1.29, 1.82) is 0 Å². The first kappa shape index (κ1) is 17.5. The van der Waals surface area contributed by atoms with Crippen LogP contribution in [0.1, 0.15) is 19.4 Å². The molecule has 0 bridgehead atoms. The predicted octanol–water partition coefficient (Wildman–Crippen LogP) is 2.82. The quantitative estimate of drug-likeness (QED) is 0.826. The van der Waals surface area contributed by atoms with Crippen LogP contribution in [0.4, 0.5) is 4.79 Å². The first-order valence-corrected chi connectivity index (χ1v) is 9.22. The highest BCUT2D eigenvalue weighted by Gasteiger charge is 2.21. The second kappa shape index (κ2) is 7.14. The van der Waals surface area contributed by atoms with E-state index in [2.05, 4.69) is 5.10 Å². The molecule has 0 aliphatic heterocycles. The van der Waals surface area contributed by atoms with Crippen molar-refractivity contribution in [3.05, 3.63) is 47.1 Å². The van der Waals surface area contributed by atoms with E-state index in [1.165, 1.54) is 12.3 Å². The molecular formula is C15H18ClN3O3S. The Balaban J connectivity index is 2.21. The Morgan fingerprint density at radius 1 is 1.17 bits per heavy atom. The van der Waals surface area contributed by atoms with E-state index in [1.807, 2.05) is 13.8 Å². The van der Waals surface area contributed by atoms with Crippen molar-refractivity contribution in [2.75, 3.05) is 13.1 Å². The zero-order valence-corrected chi connectivity index (χ0v) is 14.5. The molecular weight excluding hydrogens is 338 g/mol. The topological polar surface area (TPSA) is 72.3 Å². The minimum Gasteiger partial charge on any atom is -0.323 e. The van der Waals surface area contributed by atoms with Crippen LogP contribution in [0, 0.1) is 0 Å². The number of aromatic nitrogens is 2. The largest absolute Gasteiger partial charge is 0.344 e. The molecule has 1 aromatic carbocycles. The van der Waals surface area contributed by atoms with Gasteiger partial charge in [0.1, 0.15) is 0 Å². The van der Waals surface area contributed by atoms with Crippen LogP contribution in [0.2, 0.25) is 5.02 Å². The SMILES string of the molecule is CCN(CC)C(=O)n1ccc(S(=O)(=O)Cc2ccc(Cl)cc2)n1. The molecule has 8 heteroatoms. The second-order valence-electron chi connectivity index (χ2n) is 4.94. The van der Waals surface area contributed by atoms with E-state index in [-0.39, 0.29) is 16.8 Å². The maximum absolute atomic E-state index is 12.4. The van der Waals surface area contributed by atoms with Gasteiger partial charge in [-0.05, 0) is 37.6 Å². The summed E-state index contributed by atoms with van der Waals surface area (Å²) in [7, 11) is -3.62. The molecule has 2 aromatic rings. The molecule has 0 spiro atoms. The smallest absolute Gasteiger partial charge is 0.323 e. The second-order valence-corrected chi connectivity index (χ2v) is 7.31. The van der Waals surface area contributed by atoms with E-state index >= 15 is 0 Å². The lowest BCUT2D eigenvalue weighted by Gasteiger charge is -2.17. The van der Waals surface area contributed by atoms with E-state index in [4.69, 9.17) is 11.6 Å². The Labute approximate surface area is 140 Å². The molecule has 1 heterocycles. The highest BCUT2D eigenvalue weighted by Crippen LogP contribution is 2.17. The van der Waals surface area contributed by atoms with Crippen molar-refractivity contribution in [3.63, 3.8) is 0 Å². The molecule has 0 aliphatic carbocycles. The third kappa shape index (κ3) is 4.11. The standard InChI is InChI=1S/C15H18ClN3O3S/c1-3-18(4-2)15(20)19-10-9-14(17-19)23(21,22)11-12-5-7-13(16)8-6-12/h5-10H,3-4,11H2,1-2H3. The summed E-state index contributed by atoms with van der Waals surface area (Å²) < 4.78 is 25.9. The van der Waals surface area contributed by atoms with Gasteiger partial charge in [0.2, 0.25) is 9.84 Å². The molecule has 0 unspecified atom stereocenters. The van der Waals surface area contributed by atoms with Crippen molar-refractivity contribution < 1.29 is 13.2 Å². The zero-order chi connectivity index (χ0) is 17.0.